The minimum atomic E-state index is -4.91. The second-order valence-electron chi connectivity index (χ2n) is 5.51. The van der Waals surface area contributed by atoms with Gasteiger partial charge in [0.05, 0.1) is 4.92 Å². The Kier molecular flexibility index (Phi) is 5.30. The third-order valence-corrected chi connectivity index (χ3v) is 3.91. The number of carbonyl (C=O) groups is 1. The van der Waals surface area contributed by atoms with E-state index in [1.165, 1.54) is 10.9 Å². The van der Waals surface area contributed by atoms with Gasteiger partial charge < -0.3 is 10.2 Å². The molecule has 0 saturated carbocycles. The number of aromatic nitrogens is 2. The maximum Gasteiger partial charge on any atom is 0.471 e. The summed E-state index contributed by atoms with van der Waals surface area (Å²) in [6.45, 7) is 2.98. The lowest BCUT2D eigenvalue weighted by atomic mass is 10.1. The molecule has 2 heterocycles. The fourth-order valence-electron chi connectivity index (χ4n) is 2.77. The van der Waals surface area contributed by atoms with Crippen LogP contribution in [0.4, 0.5) is 24.7 Å². The van der Waals surface area contributed by atoms with E-state index < -0.39 is 23.0 Å². The molecule has 0 aliphatic carbocycles. The molecule has 1 amide bonds. The van der Waals surface area contributed by atoms with Crippen molar-refractivity contribution in [2.75, 3.05) is 18.0 Å². The molecule has 1 N–H and O–H groups in total. The molecule has 1 atom stereocenters. The highest BCUT2D eigenvalue weighted by Crippen LogP contribution is 2.30. The largest absolute Gasteiger partial charge is 0.471 e. The monoisotopic (exact) mass is 349 g/mol. The summed E-state index contributed by atoms with van der Waals surface area (Å²) in [6, 6.07) is -0.610. The van der Waals surface area contributed by atoms with Crippen LogP contribution in [0.3, 0.4) is 0 Å². The van der Waals surface area contributed by atoms with Gasteiger partial charge in [0, 0.05) is 25.7 Å². The van der Waals surface area contributed by atoms with E-state index in [4.69, 9.17) is 0 Å². The van der Waals surface area contributed by atoms with Gasteiger partial charge in [0.25, 0.3) is 0 Å². The normalized spacial score (nSPS) is 19.0. The Morgan fingerprint density at radius 3 is 2.75 bits per heavy atom. The number of nitro groups is 1. The third-order valence-electron chi connectivity index (χ3n) is 3.91. The lowest BCUT2D eigenvalue weighted by Crippen LogP contribution is -2.43. The average molecular weight is 349 g/mol. The Morgan fingerprint density at radius 1 is 1.46 bits per heavy atom. The average Bonchev–Trinajstić information content (AvgIpc) is 2.80. The molecule has 1 aliphatic rings. The fraction of sp³-hybridized carbons (Fsp3) is 0.692. The Hall–Kier alpha value is -2.33. The molecule has 11 heteroatoms. The SMILES string of the molecule is CCn1ncc([N+](=O)[O-])c1N1CCC[C@H](NC(=O)C(F)(F)F)CC1. The van der Waals surface area contributed by atoms with Crippen molar-refractivity contribution < 1.29 is 22.9 Å². The second-order valence-corrected chi connectivity index (χ2v) is 5.51. The zero-order valence-electron chi connectivity index (χ0n) is 13.0. The van der Waals surface area contributed by atoms with Crippen molar-refractivity contribution in [3.05, 3.63) is 16.3 Å². The van der Waals surface area contributed by atoms with E-state index in [0.29, 0.717) is 38.3 Å². The molecule has 1 aromatic heterocycles. The van der Waals surface area contributed by atoms with Crippen molar-refractivity contribution in [3.8, 4) is 0 Å². The second kappa shape index (κ2) is 7.05. The van der Waals surface area contributed by atoms with Crippen LogP contribution in [0.5, 0.6) is 0 Å². The number of amides is 1. The lowest BCUT2D eigenvalue weighted by Gasteiger charge is -2.22. The molecule has 0 bridgehead atoms. The van der Waals surface area contributed by atoms with E-state index in [-0.39, 0.29) is 12.1 Å². The maximum absolute atomic E-state index is 12.3. The van der Waals surface area contributed by atoms with Crippen LogP contribution in [-0.4, -0.2) is 45.9 Å². The number of alkyl halides is 3. The van der Waals surface area contributed by atoms with E-state index in [1.54, 1.807) is 11.8 Å². The van der Waals surface area contributed by atoms with Gasteiger partial charge in [-0.1, -0.05) is 0 Å². The van der Waals surface area contributed by atoms with Gasteiger partial charge in [0.15, 0.2) is 0 Å². The van der Waals surface area contributed by atoms with Crippen molar-refractivity contribution in [1.29, 1.82) is 0 Å². The zero-order chi connectivity index (χ0) is 17.9. The highest BCUT2D eigenvalue weighted by Gasteiger charge is 2.40. The van der Waals surface area contributed by atoms with E-state index >= 15 is 0 Å². The number of hydrogen-bond acceptors (Lipinski definition) is 5. The number of anilines is 1. The van der Waals surface area contributed by atoms with Crippen LogP contribution < -0.4 is 10.2 Å². The minimum Gasteiger partial charge on any atom is -0.351 e. The number of carbonyl (C=O) groups excluding carboxylic acids is 1. The molecular formula is C13H18F3N5O3. The standard InChI is InChI=1S/C13H18F3N5O3/c1-2-20-11(10(8-17-20)21(23)24)19-6-3-4-9(5-7-19)18-12(22)13(14,15)16/h8-9H,2-7H2,1H3,(H,18,22)/t9-/m0/s1. The molecule has 0 aromatic carbocycles. The van der Waals surface area contributed by atoms with E-state index in [2.05, 4.69) is 5.10 Å². The summed E-state index contributed by atoms with van der Waals surface area (Å²) >= 11 is 0. The topological polar surface area (TPSA) is 93.3 Å². The number of nitrogens with one attached hydrogen (secondary N) is 1. The summed E-state index contributed by atoms with van der Waals surface area (Å²) in [5.74, 6) is -1.60. The lowest BCUT2D eigenvalue weighted by molar-refractivity contribution is -0.384. The predicted molar refractivity (Wildman–Crippen MR) is 78.6 cm³/mol. The first kappa shape index (κ1) is 18.0. The summed E-state index contributed by atoms with van der Waals surface area (Å²) in [5, 5.41) is 17.1. The molecule has 1 aromatic rings. The molecule has 8 nitrogen and oxygen atoms in total. The van der Waals surface area contributed by atoms with Gasteiger partial charge in [0.2, 0.25) is 5.82 Å². The van der Waals surface area contributed by atoms with Gasteiger partial charge in [-0.2, -0.15) is 18.3 Å². The van der Waals surface area contributed by atoms with Gasteiger partial charge in [-0.3, -0.25) is 14.9 Å². The summed E-state index contributed by atoms with van der Waals surface area (Å²) < 4.78 is 38.5. The fourth-order valence-corrected chi connectivity index (χ4v) is 2.77. The van der Waals surface area contributed by atoms with Gasteiger partial charge in [-0.25, -0.2) is 4.68 Å². The Labute approximate surface area is 135 Å². The first-order valence-corrected chi connectivity index (χ1v) is 7.56. The van der Waals surface area contributed by atoms with Crippen LogP contribution in [0.2, 0.25) is 0 Å². The Balaban J connectivity index is 2.10. The number of halogens is 3. The number of aryl methyl sites for hydroxylation is 1. The number of nitrogens with zero attached hydrogens (tertiary/aromatic N) is 4. The van der Waals surface area contributed by atoms with Crippen molar-refractivity contribution in [3.63, 3.8) is 0 Å². The first-order chi connectivity index (χ1) is 11.2. The van der Waals surface area contributed by atoms with Crippen LogP contribution in [0.1, 0.15) is 26.2 Å². The van der Waals surface area contributed by atoms with Gasteiger partial charge in [-0.15, -0.1) is 0 Å². The molecule has 1 aliphatic heterocycles. The van der Waals surface area contributed by atoms with Gasteiger partial charge in [-0.05, 0) is 26.2 Å². The molecular weight excluding hydrogens is 331 g/mol. The van der Waals surface area contributed by atoms with Crippen molar-refractivity contribution in [2.24, 2.45) is 0 Å². The molecule has 134 valence electrons. The highest BCUT2D eigenvalue weighted by molar-refractivity contribution is 5.81. The molecule has 1 fully saturated rings. The molecule has 2 rings (SSSR count). The van der Waals surface area contributed by atoms with Crippen molar-refractivity contribution in [1.82, 2.24) is 15.1 Å². The third kappa shape index (κ3) is 3.95. The molecule has 0 spiro atoms. The zero-order valence-corrected chi connectivity index (χ0v) is 13.0. The predicted octanol–water partition coefficient (Wildman–Crippen LogP) is 1.85. The number of hydrogen-bond donors (Lipinski definition) is 1. The van der Waals surface area contributed by atoms with Crippen LogP contribution in [0.25, 0.3) is 0 Å². The van der Waals surface area contributed by atoms with E-state index in [0.717, 1.165) is 0 Å². The van der Waals surface area contributed by atoms with Crippen molar-refractivity contribution >= 4 is 17.4 Å². The molecule has 0 radical (unpaired) electrons. The summed E-state index contributed by atoms with van der Waals surface area (Å²) in [6.07, 6.45) is -2.58. The van der Waals surface area contributed by atoms with Gasteiger partial charge >= 0.3 is 17.8 Å². The molecule has 1 saturated heterocycles. The Morgan fingerprint density at radius 2 is 2.17 bits per heavy atom. The maximum atomic E-state index is 12.3. The van der Waals surface area contributed by atoms with Gasteiger partial charge in [0.1, 0.15) is 6.20 Å². The van der Waals surface area contributed by atoms with E-state index in [9.17, 15) is 28.1 Å². The van der Waals surface area contributed by atoms with Crippen LogP contribution in [0.15, 0.2) is 6.20 Å². The Bertz CT molecular complexity index is 616. The van der Waals surface area contributed by atoms with E-state index in [1.807, 2.05) is 5.32 Å². The quantitative estimate of drug-likeness (QED) is 0.661. The minimum absolute atomic E-state index is 0.130. The molecule has 24 heavy (non-hydrogen) atoms. The van der Waals surface area contributed by atoms with Crippen molar-refractivity contribution in [2.45, 2.75) is 44.9 Å². The highest BCUT2D eigenvalue weighted by atomic mass is 19.4. The summed E-state index contributed by atoms with van der Waals surface area (Å²) in [4.78, 5) is 23.4. The van der Waals surface area contributed by atoms with Crippen LogP contribution in [-0.2, 0) is 11.3 Å². The summed E-state index contributed by atoms with van der Waals surface area (Å²) in [7, 11) is 0. The number of rotatable bonds is 4. The summed E-state index contributed by atoms with van der Waals surface area (Å²) in [5.41, 5.74) is -0.130. The molecule has 0 unspecified atom stereocenters. The van der Waals surface area contributed by atoms with Crippen LogP contribution >= 0.6 is 0 Å². The first-order valence-electron chi connectivity index (χ1n) is 7.56. The smallest absolute Gasteiger partial charge is 0.351 e. The van der Waals surface area contributed by atoms with Crippen LogP contribution in [0, 0.1) is 10.1 Å².